The number of nitrogens with one attached hydrogen (secondary N) is 2. The molecule has 0 radical (unpaired) electrons. The number of hydrogen-bond acceptors (Lipinski definition) is 7. The number of rotatable bonds is 6. The van der Waals surface area contributed by atoms with Gasteiger partial charge in [-0.05, 0) is 44.2 Å². The zero-order valence-corrected chi connectivity index (χ0v) is 19.2. The smallest absolute Gasteiger partial charge is 0.421 e. The number of hydrogen-bond donors (Lipinski definition) is 3. The quantitative estimate of drug-likeness (QED) is 0.564. The van der Waals surface area contributed by atoms with Gasteiger partial charge in [0.1, 0.15) is 11.4 Å². The number of carboxylic acids is 1. The highest BCUT2D eigenvalue weighted by Crippen LogP contribution is 2.36. The number of aliphatic carboxylic acids is 1. The van der Waals surface area contributed by atoms with Crippen LogP contribution in [0.4, 0.5) is 30.6 Å². The number of amides is 1. The van der Waals surface area contributed by atoms with Gasteiger partial charge in [-0.15, -0.1) is 0 Å². The Labute approximate surface area is 200 Å². The summed E-state index contributed by atoms with van der Waals surface area (Å²) in [6, 6.07) is 5.89. The molecule has 2 heterocycles. The fraction of sp³-hybridized carbons (Fsp3) is 0.478. The molecule has 1 aromatic carbocycles. The van der Waals surface area contributed by atoms with Crippen molar-refractivity contribution in [1.82, 2.24) is 19.8 Å². The van der Waals surface area contributed by atoms with Crippen LogP contribution in [0.1, 0.15) is 35.2 Å². The normalized spacial score (nSPS) is 21.1. The molecule has 0 bridgehead atoms. The predicted molar refractivity (Wildman–Crippen MR) is 123 cm³/mol. The van der Waals surface area contributed by atoms with E-state index in [1.807, 2.05) is 7.05 Å². The Hall–Kier alpha value is -3.41. The molecule has 1 saturated carbocycles. The van der Waals surface area contributed by atoms with Gasteiger partial charge in [0.15, 0.2) is 0 Å². The second kappa shape index (κ2) is 10.1. The second-order valence-electron chi connectivity index (χ2n) is 8.88. The molecule has 0 unspecified atom stereocenters. The van der Waals surface area contributed by atoms with Crippen molar-refractivity contribution >= 4 is 29.3 Å². The van der Waals surface area contributed by atoms with Gasteiger partial charge in [0.25, 0.3) is 5.91 Å². The van der Waals surface area contributed by atoms with Crippen molar-refractivity contribution in [3.05, 3.63) is 41.6 Å². The molecule has 3 N–H and O–H groups in total. The van der Waals surface area contributed by atoms with Crippen LogP contribution in [0.3, 0.4) is 0 Å². The minimum atomic E-state index is -4.70. The topological polar surface area (TPSA) is 111 Å². The standard InChI is InChI=1S/C23H27F3N6O3/c1-31-9-11-32(12-10-31)20(33)14-5-7-15(8-6-14)28-22-27-13-17(23(24,25)26)19(30-22)29-18-4-2-3-16(18)21(34)35/h5-8,13,16,18H,2-4,9-12H2,1H3,(H,34,35)(H2,27,28,29,30)/t16-,18-/m0/s1. The summed E-state index contributed by atoms with van der Waals surface area (Å²) in [4.78, 5) is 35.9. The Bertz CT molecular complexity index is 1070. The second-order valence-corrected chi connectivity index (χ2v) is 8.88. The van der Waals surface area contributed by atoms with E-state index in [2.05, 4.69) is 25.5 Å². The fourth-order valence-corrected chi connectivity index (χ4v) is 4.38. The Morgan fingerprint density at radius 3 is 2.40 bits per heavy atom. The average Bonchev–Trinajstić information content (AvgIpc) is 3.27. The zero-order valence-electron chi connectivity index (χ0n) is 19.2. The van der Waals surface area contributed by atoms with Crippen molar-refractivity contribution in [2.24, 2.45) is 5.92 Å². The number of alkyl halides is 3. The molecule has 4 rings (SSSR count). The number of anilines is 3. The van der Waals surface area contributed by atoms with Gasteiger partial charge in [-0.3, -0.25) is 9.59 Å². The molecular formula is C23H27F3N6O3. The molecule has 2 atom stereocenters. The lowest BCUT2D eigenvalue weighted by molar-refractivity contribution is -0.141. The molecule has 2 fully saturated rings. The summed E-state index contributed by atoms with van der Waals surface area (Å²) >= 11 is 0. The van der Waals surface area contributed by atoms with Crippen LogP contribution in [-0.2, 0) is 11.0 Å². The third-order valence-electron chi connectivity index (χ3n) is 6.43. The molecular weight excluding hydrogens is 465 g/mol. The molecule has 12 heteroatoms. The minimum absolute atomic E-state index is 0.0773. The first-order valence-electron chi connectivity index (χ1n) is 11.4. The third-order valence-corrected chi connectivity index (χ3v) is 6.43. The molecule has 2 aliphatic rings. The molecule has 35 heavy (non-hydrogen) atoms. The third kappa shape index (κ3) is 5.81. The van der Waals surface area contributed by atoms with Crippen LogP contribution in [0.25, 0.3) is 0 Å². The number of likely N-dealkylation sites (N-methyl/N-ethyl adjacent to an activating group) is 1. The van der Waals surface area contributed by atoms with E-state index in [1.54, 1.807) is 29.2 Å². The van der Waals surface area contributed by atoms with E-state index >= 15 is 0 Å². The summed E-state index contributed by atoms with van der Waals surface area (Å²) in [6.45, 7) is 2.91. The first kappa shape index (κ1) is 24.7. The summed E-state index contributed by atoms with van der Waals surface area (Å²) < 4.78 is 40.6. The SMILES string of the molecule is CN1CCN(C(=O)c2ccc(Nc3ncc(C(F)(F)F)c(N[C@H]4CCC[C@@H]4C(=O)O)n3)cc2)CC1. The van der Waals surface area contributed by atoms with E-state index in [-0.39, 0.29) is 11.9 Å². The van der Waals surface area contributed by atoms with Crippen molar-refractivity contribution in [2.45, 2.75) is 31.5 Å². The van der Waals surface area contributed by atoms with Crippen molar-refractivity contribution in [2.75, 3.05) is 43.9 Å². The number of nitrogens with zero attached hydrogens (tertiary/aromatic N) is 4. The van der Waals surface area contributed by atoms with E-state index in [9.17, 15) is 27.9 Å². The fourth-order valence-electron chi connectivity index (χ4n) is 4.38. The van der Waals surface area contributed by atoms with Crippen LogP contribution in [0.5, 0.6) is 0 Å². The molecule has 1 aliphatic carbocycles. The van der Waals surface area contributed by atoms with E-state index in [0.29, 0.717) is 49.8 Å². The van der Waals surface area contributed by atoms with Crippen LogP contribution in [-0.4, -0.2) is 76.0 Å². The highest BCUT2D eigenvalue weighted by Gasteiger charge is 2.38. The maximum Gasteiger partial charge on any atom is 0.421 e. The molecule has 1 aliphatic heterocycles. The molecule has 1 amide bonds. The summed E-state index contributed by atoms with van der Waals surface area (Å²) in [6.07, 6.45) is -2.60. The monoisotopic (exact) mass is 492 g/mol. The van der Waals surface area contributed by atoms with Gasteiger partial charge in [-0.2, -0.15) is 18.2 Å². The Kier molecular flexibility index (Phi) is 7.10. The van der Waals surface area contributed by atoms with Gasteiger partial charge in [-0.25, -0.2) is 4.98 Å². The molecule has 1 saturated heterocycles. The predicted octanol–water partition coefficient (Wildman–Crippen LogP) is 3.29. The highest BCUT2D eigenvalue weighted by molar-refractivity contribution is 5.94. The molecule has 1 aromatic heterocycles. The largest absolute Gasteiger partial charge is 0.481 e. The van der Waals surface area contributed by atoms with Gasteiger partial charge < -0.3 is 25.5 Å². The van der Waals surface area contributed by atoms with Crippen molar-refractivity contribution < 1.29 is 27.9 Å². The highest BCUT2D eigenvalue weighted by atomic mass is 19.4. The van der Waals surface area contributed by atoms with Gasteiger partial charge in [0.05, 0.1) is 5.92 Å². The number of carbonyl (C=O) groups excluding carboxylic acids is 1. The lowest BCUT2D eigenvalue weighted by Crippen LogP contribution is -2.47. The average molecular weight is 493 g/mol. The van der Waals surface area contributed by atoms with Gasteiger partial charge in [-0.1, -0.05) is 6.42 Å². The van der Waals surface area contributed by atoms with Crippen molar-refractivity contribution in [3.63, 3.8) is 0 Å². The Morgan fingerprint density at radius 1 is 1.09 bits per heavy atom. The summed E-state index contributed by atoms with van der Waals surface area (Å²) in [7, 11) is 2.00. The van der Waals surface area contributed by atoms with Gasteiger partial charge >= 0.3 is 12.1 Å². The number of carboxylic acid groups (broad SMARTS) is 1. The molecule has 0 spiro atoms. The molecule has 188 valence electrons. The maximum absolute atomic E-state index is 13.5. The number of halogens is 3. The zero-order chi connectivity index (χ0) is 25.2. The first-order chi connectivity index (χ1) is 16.6. The molecule has 2 aromatic rings. The van der Waals surface area contributed by atoms with Crippen molar-refractivity contribution in [1.29, 1.82) is 0 Å². The van der Waals surface area contributed by atoms with Crippen LogP contribution in [0.15, 0.2) is 30.5 Å². The number of carbonyl (C=O) groups is 2. The van der Waals surface area contributed by atoms with Crippen LogP contribution >= 0.6 is 0 Å². The Balaban J connectivity index is 1.49. The number of benzene rings is 1. The maximum atomic E-state index is 13.5. The van der Waals surface area contributed by atoms with E-state index < -0.39 is 35.5 Å². The Morgan fingerprint density at radius 2 is 1.77 bits per heavy atom. The lowest BCUT2D eigenvalue weighted by Gasteiger charge is -2.32. The number of aromatic nitrogens is 2. The van der Waals surface area contributed by atoms with Crippen LogP contribution in [0, 0.1) is 5.92 Å². The van der Waals surface area contributed by atoms with Crippen molar-refractivity contribution in [3.8, 4) is 0 Å². The van der Waals surface area contributed by atoms with E-state index in [1.165, 1.54) is 0 Å². The summed E-state index contributed by atoms with van der Waals surface area (Å²) in [5.74, 6) is -2.45. The lowest BCUT2D eigenvalue weighted by atomic mass is 10.0. The summed E-state index contributed by atoms with van der Waals surface area (Å²) in [5, 5.41) is 14.9. The van der Waals surface area contributed by atoms with Crippen LogP contribution in [0.2, 0.25) is 0 Å². The van der Waals surface area contributed by atoms with Gasteiger partial charge in [0, 0.05) is 49.7 Å². The van der Waals surface area contributed by atoms with Gasteiger partial charge in [0.2, 0.25) is 5.95 Å². The van der Waals surface area contributed by atoms with Crippen LogP contribution < -0.4 is 10.6 Å². The van der Waals surface area contributed by atoms with E-state index in [0.717, 1.165) is 13.1 Å². The number of piperazine rings is 1. The summed E-state index contributed by atoms with van der Waals surface area (Å²) in [5.41, 5.74) is -0.0566. The van der Waals surface area contributed by atoms with E-state index in [4.69, 9.17) is 0 Å². The minimum Gasteiger partial charge on any atom is -0.481 e. The molecule has 9 nitrogen and oxygen atoms in total. The first-order valence-corrected chi connectivity index (χ1v) is 11.4.